The van der Waals surface area contributed by atoms with E-state index in [2.05, 4.69) is 17.6 Å². The van der Waals surface area contributed by atoms with E-state index in [4.69, 9.17) is 0 Å². The largest absolute Gasteiger partial charge is 0.673 e. The minimum atomic E-state index is -6.00. The molecule has 1 aromatic carbocycles. The second-order valence-corrected chi connectivity index (χ2v) is 7.72. The first-order chi connectivity index (χ1) is 12.5. The molecular formula is C16H20BF4N3O2S. The normalized spacial score (nSPS) is 17.0. The molecule has 1 aliphatic carbocycles. The van der Waals surface area contributed by atoms with E-state index in [-0.39, 0.29) is 11.7 Å². The van der Waals surface area contributed by atoms with Crippen LogP contribution in [0.5, 0.6) is 0 Å². The minimum Gasteiger partial charge on any atom is -0.418 e. The molecule has 2 rings (SSSR count). The smallest absolute Gasteiger partial charge is 0.418 e. The standard InChI is InChI=1S/C16H20N3O2S.BF4/c1-3-8-13-9-4-6-11-15(13)19(22(2,20)21)16-12-7-5-10-14(16)18-17;2-1(3,4)5/h3,5,7,9-10,12,15H,1,4,6,8,11H2,2H3;/q+1;-1. The number of sulfonamides is 1. The van der Waals surface area contributed by atoms with Crippen LogP contribution in [0.3, 0.4) is 0 Å². The number of hydrogen-bond acceptors (Lipinski definition) is 3. The Morgan fingerprint density at radius 2 is 1.93 bits per heavy atom. The highest BCUT2D eigenvalue weighted by Crippen LogP contribution is 2.37. The molecule has 0 aromatic heterocycles. The first-order valence-electron chi connectivity index (χ1n) is 8.09. The van der Waals surface area contributed by atoms with Crippen LogP contribution in [0.15, 0.2) is 48.6 Å². The SMILES string of the molecule is C=CCC1=CCCCC1N(c1ccccc1[N+]#N)S(C)(=O)=O.F[B-](F)(F)F. The fourth-order valence-corrected chi connectivity index (χ4v) is 4.10. The number of hydrogen-bond donors (Lipinski definition) is 0. The Morgan fingerprint density at radius 1 is 1.33 bits per heavy atom. The van der Waals surface area contributed by atoms with E-state index in [1.165, 1.54) is 10.6 Å². The maximum absolute atomic E-state index is 12.4. The van der Waals surface area contributed by atoms with E-state index in [0.29, 0.717) is 12.1 Å². The van der Waals surface area contributed by atoms with Crippen molar-refractivity contribution < 1.29 is 25.7 Å². The fourth-order valence-electron chi connectivity index (χ4n) is 2.89. The van der Waals surface area contributed by atoms with Gasteiger partial charge in [0.1, 0.15) is 5.69 Å². The van der Waals surface area contributed by atoms with Gasteiger partial charge in [-0.1, -0.05) is 24.3 Å². The molecule has 0 saturated heterocycles. The number of nitrogens with zero attached hydrogens (tertiary/aromatic N) is 3. The highest BCUT2D eigenvalue weighted by molar-refractivity contribution is 7.92. The van der Waals surface area contributed by atoms with Crippen LogP contribution < -0.4 is 4.31 Å². The molecule has 27 heavy (non-hydrogen) atoms. The molecule has 0 aliphatic heterocycles. The molecule has 148 valence electrons. The monoisotopic (exact) mass is 405 g/mol. The Hall–Kier alpha value is -2.35. The summed E-state index contributed by atoms with van der Waals surface area (Å²) < 4.78 is 65.2. The Morgan fingerprint density at radius 3 is 2.44 bits per heavy atom. The lowest BCUT2D eigenvalue weighted by Gasteiger charge is -2.34. The average molecular weight is 405 g/mol. The van der Waals surface area contributed by atoms with Crippen molar-refractivity contribution in [2.75, 3.05) is 10.6 Å². The number of allylic oxidation sites excluding steroid dienone is 2. The van der Waals surface area contributed by atoms with Crippen molar-refractivity contribution >= 4 is 28.7 Å². The second-order valence-electron chi connectivity index (χ2n) is 5.86. The average Bonchev–Trinajstić information content (AvgIpc) is 2.54. The van der Waals surface area contributed by atoms with Gasteiger partial charge in [0, 0.05) is 6.07 Å². The molecule has 1 aromatic rings. The number of halogens is 4. The fraction of sp³-hybridized carbons (Fsp3) is 0.375. The van der Waals surface area contributed by atoms with Gasteiger partial charge >= 0.3 is 12.9 Å². The number of diazo groups is 1. The molecule has 0 spiro atoms. The lowest BCUT2D eigenvalue weighted by atomic mass is 9.91. The first-order valence-corrected chi connectivity index (χ1v) is 9.94. The summed E-state index contributed by atoms with van der Waals surface area (Å²) in [6, 6.07) is 6.44. The van der Waals surface area contributed by atoms with Gasteiger partial charge in [-0.25, -0.2) is 8.42 Å². The minimum absolute atomic E-state index is 0.247. The third kappa shape index (κ3) is 7.42. The van der Waals surface area contributed by atoms with E-state index < -0.39 is 17.3 Å². The van der Waals surface area contributed by atoms with Crippen LogP contribution in [0.25, 0.3) is 4.98 Å². The van der Waals surface area contributed by atoms with Gasteiger partial charge in [-0.15, -0.1) is 6.58 Å². The number of benzene rings is 1. The molecule has 0 N–H and O–H groups in total. The van der Waals surface area contributed by atoms with E-state index >= 15 is 0 Å². The Bertz CT molecular complexity index is 829. The molecule has 0 bridgehead atoms. The van der Waals surface area contributed by atoms with E-state index in [1.54, 1.807) is 30.3 Å². The molecule has 1 unspecified atom stereocenters. The summed E-state index contributed by atoms with van der Waals surface area (Å²) in [5.74, 6) is 0. The zero-order chi connectivity index (χ0) is 20.7. The van der Waals surface area contributed by atoms with E-state index in [9.17, 15) is 31.1 Å². The second kappa shape index (κ2) is 9.55. The summed E-state index contributed by atoms with van der Waals surface area (Å²) in [7, 11) is -9.51. The van der Waals surface area contributed by atoms with Gasteiger partial charge in [0.15, 0.2) is 4.98 Å². The van der Waals surface area contributed by atoms with Gasteiger partial charge in [0.05, 0.1) is 12.3 Å². The van der Waals surface area contributed by atoms with Crippen LogP contribution in [0.4, 0.5) is 28.6 Å². The number of para-hydroxylation sites is 1. The summed E-state index contributed by atoms with van der Waals surface area (Å²) >= 11 is 0. The van der Waals surface area contributed by atoms with Crippen molar-refractivity contribution in [2.24, 2.45) is 0 Å². The van der Waals surface area contributed by atoms with E-state index in [1.807, 2.05) is 0 Å². The van der Waals surface area contributed by atoms with Crippen molar-refractivity contribution in [3.05, 3.63) is 53.5 Å². The Balaban J connectivity index is 0.000000646. The van der Waals surface area contributed by atoms with Crippen LogP contribution >= 0.6 is 0 Å². The number of anilines is 1. The van der Waals surface area contributed by atoms with E-state index in [0.717, 1.165) is 24.8 Å². The quantitative estimate of drug-likeness (QED) is 0.289. The van der Waals surface area contributed by atoms with Crippen molar-refractivity contribution in [3.63, 3.8) is 0 Å². The zero-order valence-electron chi connectivity index (χ0n) is 14.7. The molecule has 0 saturated carbocycles. The van der Waals surface area contributed by atoms with Gasteiger partial charge in [-0.3, -0.25) is 4.31 Å². The summed E-state index contributed by atoms with van der Waals surface area (Å²) in [4.78, 5) is 3.23. The van der Waals surface area contributed by atoms with Gasteiger partial charge in [0.2, 0.25) is 15.4 Å². The van der Waals surface area contributed by atoms with Crippen molar-refractivity contribution in [3.8, 4) is 0 Å². The van der Waals surface area contributed by atoms with Gasteiger partial charge in [0.25, 0.3) is 0 Å². The van der Waals surface area contributed by atoms with Gasteiger partial charge in [-0.05, 0) is 37.3 Å². The third-order valence-corrected chi connectivity index (χ3v) is 4.93. The lowest BCUT2D eigenvalue weighted by Crippen LogP contribution is -2.42. The maximum atomic E-state index is 12.4. The molecule has 1 aliphatic rings. The lowest BCUT2D eigenvalue weighted by molar-refractivity contribution is 0.368. The zero-order valence-corrected chi connectivity index (χ0v) is 15.5. The predicted molar refractivity (Wildman–Crippen MR) is 99.2 cm³/mol. The summed E-state index contributed by atoms with van der Waals surface area (Å²) in [5, 5.41) is 9.17. The first kappa shape index (κ1) is 22.7. The summed E-state index contributed by atoms with van der Waals surface area (Å²) in [5.41, 5.74) is 1.69. The van der Waals surface area contributed by atoms with Crippen molar-refractivity contribution in [2.45, 2.75) is 31.7 Å². The van der Waals surface area contributed by atoms with Crippen LogP contribution in [-0.2, 0) is 10.0 Å². The van der Waals surface area contributed by atoms with Crippen LogP contribution in [0.2, 0.25) is 0 Å². The molecule has 0 amide bonds. The van der Waals surface area contributed by atoms with Crippen LogP contribution in [-0.4, -0.2) is 28.0 Å². The van der Waals surface area contributed by atoms with Crippen LogP contribution in [0, 0.1) is 5.39 Å². The molecule has 1 atom stereocenters. The van der Waals surface area contributed by atoms with Gasteiger partial charge in [-0.2, -0.15) is 0 Å². The third-order valence-electron chi connectivity index (χ3n) is 3.76. The topological polar surface area (TPSA) is 65.5 Å². The molecule has 0 heterocycles. The van der Waals surface area contributed by atoms with Crippen molar-refractivity contribution in [1.29, 1.82) is 5.39 Å². The molecule has 0 radical (unpaired) electrons. The maximum Gasteiger partial charge on any atom is 0.673 e. The van der Waals surface area contributed by atoms with Gasteiger partial charge < -0.3 is 17.3 Å². The van der Waals surface area contributed by atoms with Crippen LogP contribution in [0.1, 0.15) is 25.7 Å². The molecular weight excluding hydrogens is 385 g/mol. The predicted octanol–water partition coefficient (Wildman–Crippen LogP) is 5.29. The molecule has 11 heteroatoms. The molecule has 5 nitrogen and oxygen atoms in total. The summed E-state index contributed by atoms with van der Waals surface area (Å²) in [6.45, 7) is 3.75. The highest BCUT2D eigenvalue weighted by Gasteiger charge is 2.34. The summed E-state index contributed by atoms with van der Waals surface area (Å²) in [6.07, 6.45) is 8.32. The Labute approximate surface area is 156 Å². The molecule has 0 fully saturated rings. The number of rotatable bonds is 5. The Kier molecular flexibility index (Phi) is 8.03. The highest BCUT2D eigenvalue weighted by atomic mass is 32.2. The van der Waals surface area contributed by atoms with Crippen molar-refractivity contribution in [1.82, 2.24) is 0 Å².